The molecule has 0 aliphatic heterocycles. The summed E-state index contributed by atoms with van der Waals surface area (Å²) < 4.78 is 7.70. The van der Waals surface area contributed by atoms with Gasteiger partial charge in [-0.3, -0.25) is 4.68 Å². The zero-order valence-electron chi connectivity index (χ0n) is 14.0. The van der Waals surface area contributed by atoms with Gasteiger partial charge in [0.15, 0.2) is 0 Å². The molecule has 4 rings (SSSR count). The van der Waals surface area contributed by atoms with Gasteiger partial charge in [0.2, 0.25) is 0 Å². The van der Waals surface area contributed by atoms with Crippen molar-refractivity contribution in [2.45, 2.75) is 6.61 Å². The van der Waals surface area contributed by atoms with E-state index in [4.69, 9.17) is 10.5 Å². The number of hydrogen-bond donors (Lipinski definition) is 1. The number of nitrogen functional groups attached to an aromatic ring is 1. The zero-order chi connectivity index (χ0) is 17.2. The van der Waals surface area contributed by atoms with Crippen molar-refractivity contribution in [2.24, 2.45) is 7.05 Å². The van der Waals surface area contributed by atoms with Crippen LogP contribution in [0.2, 0.25) is 0 Å². The second-order valence-corrected chi connectivity index (χ2v) is 6.07. The van der Waals surface area contributed by atoms with Crippen LogP contribution in [0.3, 0.4) is 0 Å². The molecule has 4 heteroatoms. The molecule has 0 aliphatic rings. The van der Waals surface area contributed by atoms with Crippen molar-refractivity contribution in [1.29, 1.82) is 0 Å². The lowest BCUT2D eigenvalue weighted by Crippen LogP contribution is -1.95. The Labute approximate surface area is 146 Å². The van der Waals surface area contributed by atoms with Gasteiger partial charge in [-0.05, 0) is 35.4 Å². The fraction of sp³-hybridized carbons (Fsp3) is 0.0952. The van der Waals surface area contributed by atoms with Crippen molar-refractivity contribution >= 4 is 16.6 Å². The lowest BCUT2D eigenvalue weighted by molar-refractivity contribution is 0.306. The monoisotopic (exact) mass is 329 g/mol. The maximum absolute atomic E-state index is 6.23. The van der Waals surface area contributed by atoms with E-state index in [-0.39, 0.29) is 0 Å². The Morgan fingerprint density at radius 2 is 1.76 bits per heavy atom. The van der Waals surface area contributed by atoms with E-state index in [1.165, 1.54) is 0 Å². The molecule has 124 valence electrons. The van der Waals surface area contributed by atoms with Gasteiger partial charge < -0.3 is 10.5 Å². The van der Waals surface area contributed by atoms with Gasteiger partial charge in [0.25, 0.3) is 0 Å². The van der Waals surface area contributed by atoms with E-state index < -0.39 is 0 Å². The van der Waals surface area contributed by atoms with Crippen molar-refractivity contribution in [3.05, 3.63) is 78.5 Å². The molecule has 0 saturated heterocycles. The molecule has 0 atom stereocenters. The van der Waals surface area contributed by atoms with Crippen LogP contribution < -0.4 is 10.5 Å². The summed E-state index contributed by atoms with van der Waals surface area (Å²) in [5, 5.41) is 5.33. The maximum atomic E-state index is 6.23. The molecule has 0 aliphatic carbocycles. The molecular weight excluding hydrogens is 310 g/mol. The van der Waals surface area contributed by atoms with Gasteiger partial charge in [0, 0.05) is 23.7 Å². The van der Waals surface area contributed by atoms with Crippen LogP contribution in [0.1, 0.15) is 5.56 Å². The molecule has 25 heavy (non-hydrogen) atoms. The van der Waals surface area contributed by atoms with E-state index in [2.05, 4.69) is 23.3 Å². The number of nitrogens with two attached hydrogens (primary N) is 1. The topological polar surface area (TPSA) is 53.1 Å². The molecule has 0 spiro atoms. The van der Waals surface area contributed by atoms with Crippen LogP contribution in [0.15, 0.2) is 72.9 Å². The van der Waals surface area contributed by atoms with Gasteiger partial charge in [0.05, 0.1) is 11.7 Å². The van der Waals surface area contributed by atoms with Crippen LogP contribution >= 0.6 is 0 Å². The lowest BCUT2D eigenvalue weighted by Gasteiger charge is -2.10. The van der Waals surface area contributed by atoms with Crippen molar-refractivity contribution < 1.29 is 4.74 Å². The number of rotatable bonds is 4. The number of aryl methyl sites for hydroxylation is 1. The quantitative estimate of drug-likeness (QED) is 0.565. The third-order valence-electron chi connectivity index (χ3n) is 4.33. The summed E-state index contributed by atoms with van der Waals surface area (Å²) in [5.41, 5.74) is 11.3. The molecule has 1 heterocycles. The van der Waals surface area contributed by atoms with Gasteiger partial charge in [0.1, 0.15) is 12.4 Å². The van der Waals surface area contributed by atoms with E-state index in [9.17, 15) is 0 Å². The first-order valence-corrected chi connectivity index (χ1v) is 8.19. The predicted octanol–water partition coefficient (Wildman–Crippen LogP) is 4.40. The van der Waals surface area contributed by atoms with Gasteiger partial charge in [-0.15, -0.1) is 0 Å². The molecule has 0 unspecified atom stereocenters. The van der Waals surface area contributed by atoms with Crippen molar-refractivity contribution in [3.8, 4) is 16.9 Å². The molecule has 0 amide bonds. The van der Waals surface area contributed by atoms with E-state index in [0.29, 0.717) is 6.61 Å². The normalized spacial score (nSPS) is 10.9. The fourth-order valence-corrected chi connectivity index (χ4v) is 2.94. The molecule has 0 fully saturated rings. The lowest BCUT2D eigenvalue weighted by atomic mass is 10.0. The summed E-state index contributed by atoms with van der Waals surface area (Å²) >= 11 is 0. The van der Waals surface area contributed by atoms with E-state index >= 15 is 0 Å². The Balaban J connectivity index is 1.57. The number of nitrogens with zero attached hydrogens (tertiary/aromatic N) is 2. The minimum absolute atomic E-state index is 0.559. The number of ether oxygens (including phenoxy) is 1. The number of anilines is 1. The Kier molecular flexibility index (Phi) is 3.86. The number of hydrogen-bond acceptors (Lipinski definition) is 3. The van der Waals surface area contributed by atoms with Crippen LogP contribution in [-0.4, -0.2) is 9.78 Å². The molecular formula is C21H19N3O. The standard InChI is InChI=1S/C21H19N3O/c1-24-21-12-19(20(22)11-17(21)13-23-24)16-7-9-18(10-8-16)25-14-15-5-3-2-4-6-15/h2-13H,14,22H2,1H3. The largest absolute Gasteiger partial charge is 0.489 e. The van der Waals surface area contributed by atoms with Gasteiger partial charge in [-0.25, -0.2) is 0 Å². The minimum atomic E-state index is 0.559. The summed E-state index contributed by atoms with van der Waals surface area (Å²) in [5.74, 6) is 0.841. The van der Waals surface area contributed by atoms with Gasteiger partial charge in [-0.1, -0.05) is 42.5 Å². The second kappa shape index (κ2) is 6.32. The van der Waals surface area contributed by atoms with Crippen LogP contribution in [0.5, 0.6) is 5.75 Å². The molecule has 3 aromatic carbocycles. The summed E-state index contributed by atoms with van der Waals surface area (Å²) in [6.07, 6.45) is 1.83. The molecule has 0 bridgehead atoms. The van der Waals surface area contributed by atoms with Crippen molar-refractivity contribution in [1.82, 2.24) is 9.78 Å². The highest BCUT2D eigenvalue weighted by molar-refractivity contribution is 5.91. The summed E-state index contributed by atoms with van der Waals surface area (Å²) in [6, 6.07) is 22.2. The van der Waals surface area contributed by atoms with Gasteiger partial charge in [-0.2, -0.15) is 5.10 Å². The van der Waals surface area contributed by atoms with E-state index in [1.807, 2.05) is 66.5 Å². The molecule has 2 N–H and O–H groups in total. The summed E-state index contributed by atoms with van der Waals surface area (Å²) in [4.78, 5) is 0. The second-order valence-electron chi connectivity index (χ2n) is 6.07. The molecule has 0 saturated carbocycles. The van der Waals surface area contributed by atoms with Crippen LogP contribution in [0.4, 0.5) is 5.69 Å². The Morgan fingerprint density at radius 3 is 2.52 bits per heavy atom. The molecule has 4 nitrogen and oxygen atoms in total. The van der Waals surface area contributed by atoms with Crippen LogP contribution in [0, 0.1) is 0 Å². The number of fused-ring (bicyclic) bond motifs is 1. The average Bonchev–Trinajstić information content (AvgIpc) is 3.00. The Morgan fingerprint density at radius 1 is 1.00 bits per heavy atom. The highest BCUT2D eigenvalue weighted by Gasteiger charge is 2.08. The third-order valence-corrected chi connectivity index (χ3v) is 4.33. The summed E-state index contributed by atoms with van der Waals surface area (Å²) in [7, 11) is 1.93. The smallest absolute Gasteiger partial charge is 0.119 e. The first kappa shape index (κ1) is 15.3. The highest BCUT2D eigenvalue weighted by Crippen LogP contribution is 2.31. The minimum Gasteiger partial charge on any atom is -0.489 e. The molecule has 1 aromatic heterocycles. The highest BCUT2D eigenvalue weighted by atomic mass is 16.5. The fourth-order valence-electron chi connectivity index (χ4n) is 2.94. The predicted molar refractivity (Wildman–Crippen MR) is 101 cm³/mol. The maximum Gasteiger partial charge on any atom is 0.119 e. The van der Waals surface area contributed by atoms with Crippen molar-refractivity contribution in [2.75, 3.05) is 5.73 Å². The van der Waals surface area contributed by atoms with E-state index in [1.54, 1.807) is 0 Å². The molecule has 0 radical (unpaired) electrons. The number of aromatic nitrogens is 2. The Bertz CT molecular complexity index is 1000. The third kappa shape index (κ3) is 3.06. The van der Waals surface area contributed by atoms with Crippen LogP contribution in [0.25, 0.3) is 22.0 Å². The van der Waals surface area contributed by atoms with Gasteiger partial charge >= 0.3 is 0 Å². The van der Waals surface area contributed by atoms with E-state index in [0.717, 1.165) is 39.0 Å². The number of benzene rings is 3. The zero-order valence-corrected chi connectivity index (χ0v) is 14.0. The van der Waals surface area contributed by atoms with Crippen molar-refractivity contribution in [3.63, 3.8) is 0 Å². The molecule has 4 aromatic rings. The average molecular weight is 329 g/mol. The summed E-state index contributed by atoms with van der Waals surface area (Å²) in [6.45, 7) is 0.559. The van der Waals surface area contributed by atoms with Crippen LogP contribution in [-0.2, 0) is 13.7 Å². The Hall–Kier alpha value is -3.27. The first-order chi connectivity index (χ1) is 12.2. The first-order valence-electron chi connectivity index (χ1n) is 8.19. The SMILES string of the molecule is Cn1ncc2cc(N)c(-c3ccc(OCc4ccccc4)cc3)cc21.